The smallest absolute Gasteiger partial charge is 0.281 e. The average Bonchev–Trinajstić information content (AvgIpc) is 3.17. The third-order valence-corrected chi connectivity index (χ3v) is 6.62. The van der Waals surface area contributed by atoms with E-state index in [1.54, 1.807) is 13.0 Å². The standard InChI is InChI=1S/C17H24FN5O3S/c1-12-15(9-19-17(16(12)18)14-6-7-20-21-14)26-11-13-5-4-8-23(10-13)27(24,25)22(2)3/h6-7,9,13H,4-5,8,10-11H2,1-3H3,(H,20,21)/t13-/m0/s1. The molecule has 0 saturated carbocycles. The van der Waals surface area contributed by atoms with Crippen LogP contribution < -0.4 is 4.74 Å². The Bertz CT molecular complexity index is 886. The molecule has 3 heterocycles. The summed E-state index contributed by atoms with van der Waals surface area (Å²) in [6.07, 6.45) is 4.66. The molecule has 1 aliphatic rings. The highest BCUT2D eigenvalue weighted by molar-refractivity contribution is 7.86. The first-order valence-corrected chi connectivity index (χ1v) is 10.2. The van der Waals surface area contributed by atoms with Gasteiger partial charge in [-0.3, -0.25) is 5.10 Å². The molecule has 1 fully saturated rings. The summed E-state index contributed by atoms with van der Waals surface area (Å²) in [6.45, 7) is 2.84. The predicted octanol–water partition coefficient (Wildman–Crippen LogP) is 1.82. The van der Waals surface area contributed by atoms with Crippen LogP contribution in [0.25, 0.3) is 11.4 Å². The molecule has 1 atom stereocenters. The van der Waals surface area contributed by atoms with Gasteiger partial charge in [-0.2, -0.15) is 22.1 Å². The van der Waals surface area contributed by atoms with Gasteiger partial charge in [0, 0.05) is 44.9 Å². The van der Waals surface area contributed by atoms with E-state index < -0.39 is 16.0 Å². The molecule has 2 aromatic rings. The number of ether oxygens (including phenoxy) is 1. The van der Waals surface area contributed by atoms with E-state index in [9.17, 15) is 12.8 Å². The van der Waals surface area contributed by atoms with Crippen molar-refractivity contribution in [3.05, 3.63) is 29.8 Å². The molecular formula is C17H24FN5O3S. The second-order valence-electron chi connectivity index (χ2n) is 6.85. The molecule has 27 heavy (non-hydrogen) atoms. The van der Waals surface area contributed by atoms with Crippen molar-refractivity contribution >= 4 is 10.2 Å². The highest BCUT2D eigenvalue weighted by atomic mass is 32.2. The van der Waals surface area contributed by atoms with E-state index in [1.807, 2.05) is 0 Å². The number of aromatic nitrogens is 3. The van der Waals surface area contributed by atoms with E-state index in [0.717, 1.165) is 12.8 Å². The summed E-state index contributed by atoms with van der Waals surface area (Å²) in [5, 5.41) is 6.50. The molecule has 0 spiro atoms. The quantitative estimate of drug-likeness (QED) is 0.803. The summed E-state index contributed by atoms with van der Waals surface area (Å²) in [7, 11) is -0.387. The largest absolute Gasteiger partial charge is 0.491 e. The minimum absolute atomic E-state index is 0.0446. The van der Waals surface area contributed by atoms with Crippen LogP contribution in [0.2, 0.25) is 0 Å². The lowest BCUT2D eigenvalue weighted by molar-refractivity contribution is 0.175. The van der Waals surface area contributed by atoms with Crippen LogP contribution in [0.5, 0.6) is 5.75 Å². The Morgan fingerprint density at radius 3 is 2.89 bits per heavy atom. The first-order chi connectivity index (χ1) is 12.8. The number of aromatic amines is 1. The predicted molar refractivity (Wildman–Crippen MR) is 98.9 cm³/mol. The Balaban J connectivity index is 1.67. The van der Waals surface area contributed by atoms with Gasteiger partial charge in [0.2, 0.25) is 0 Å². The Hall–Kier alpha value is -2.04. The number of nitrogens with zero attached hydrogens (tertiary/aromatic N) is 4. The van der Waals surface area contributed by atoms with Crippen molar-refractivity contribution in [3.63, 3.8) is 0 Å². The van der Waals surface area contributed by atoms with Crippen LogP contribution in [0.15, 0.2) is 18.5 Å². The van der Waals surface area contributed by atoms with Gasteiger partial charge >= 0.3 is 0 Å². The summed E-state index contributed by atoms with van der Waals surface area (Å²) < 4.78 is 47.7. The maximum atomic E-state index is 14.6. The molecule has 0 radical (unpaired) electrons. The minimum atomic E-state index is -3.43. The fraction of sp³-hybridized carbons (Fsp3) is 0.529. The topological polar surface area (TPSA) is 91.4 Å². The van der Waals surface area contributed by atoms with E-state index >= 15 is 0 Å². The molecule has 0 amide bonds. The number of piperidine rings is 1. The Morgan fingerprint density at radius 1 is 1.44 bits per heavy atom. The van der Waals surface area contributed by atoms with Crippen molar-refractivity contribution in [1.29, 1.82) is 0 Å². The molecular weight excluding hydrogens is 373 g/mol. The molecule has 0 unspecified atom stereocenters. The number of H-pyrrole nitrogens is 1. The zero-order valence-corrected chi connectivity index (χ0v) is 16.5. The van der Waals surface area contributed by atoms with Crippen molar-refractivity contribution in [2.75, 3.05) is 33.8 Å². The van der Waals surface area contributed by atoms with Crippen LogP contribution >= 0.6 is 0 Å². The van der Waals surface area contributed by atoms with Crippen molar-refractivity contribution < 1.29 is 17.5 Å². The molecule has 0 bridgehead atoms. The number of hydrogen-bond acceptors (Lipinski definition) is 5. The van der Waals surface area contributed by atoms with Gasteiger partial charge in [-0.25, -0.2) is 9.37 Å². The molecule has 3 rings (SSSR count). The Morgan fingerprint density at radius 2 is 2.22 bits per heavy atom. The first-order valence-electron chi connectivity index (χ1n) is 8.76. The summed E-state index contributed by atoms with van der Waals surface area (Å²) in [5.74, 6) is -0.0521. The number of rotatable bonds is 6. The number of nitrogens with one attached hydrogen (secondary N) is 1. The second-order valence-corrected chi connectivity index (χ2v) is 8.99. The lowest BCUT2D eigenvalue weighted by atomic mass is 10.0. The number of halogens is 1. The zero-order chi connectivity index (χ0) is 19.6. The molecule has 1 aliphatic heterocycles. The van der Waals surface area contributed by atoms with Crippen molar-refractivity contribution in [2.24, 2.45) is 5.92 Å². The van der Waals surface area contributed by atoms with E-state index in [0.29, 0.717) is 36.7 Å². The highest BCUT2D eigenvalue weighted by Crippen LogP contribution is 2.28. The van der Waals surface area contributed by atoms with Crippen molar-refractivity contribution in [3.8, 4) is 17.1 Å². The van der Waals surface area contributed by atoms with Crippen molar-refractivity contribution in [1.82, 2.24) is 23.8 Å². The Kier molecular flexibility index (Phi) is 5.78. The zero-order valence-electron chi connectivity index (χ0n) is 15.6. The van der Waals surface area contributed by atoms with Crippen LogP contribution in [-0.4, -0.2) is 66.0 Å². The van der Waals surface area contributed by atoms with Crippen LogP contribution in [-0.2, 0) is 10.2 Å². The summed E-state index contributed by atoms with van der Waals surface area (Å²) >= 11 is 0. The van der Waals surface area contributed by atoms with Gasteiger partial charge in [-0.05, 0) is 25.8 Å². The van der Waals surface area contributed by atoms with E-state index in [4.69, 9.17) is 4.74 Å². The van der Waals surface area contributed by atoms with Crippen LogP contribution in [0.3, 0.4) is 0 Å². The SMILES string of the molecule is Cc1c(OC[C@H]2CCCN(S(=O)(=O)N(C)C)C2)cnc(-c2ccn[nH]2)c1F. The third-order valence-electron chi connectivity index (χ3n) is 4.72. The lowest BCUT2D eigenvalue weighted by Gasteiger charge is -2.33. The van der Waals surface area contributed by atoms with Gasteiger partial charge in [0.15, 0.2) is 5.82 Å². The molecule has 10 heteroatoms. The van der Waals surface area contributed by atoms with Crippen LogP contribution in [0.4, 0.5) is 4.39 Å². The van der Waals surface area contributed by atoms with Gasteiger partial charge in [-0.1, -0.05) is 0 Å². The second kappa shape index (κ2) is 7.91. The maximum absolute atomic E-state index is 14.6. The maximum Gasteiger partial charge on any atom is 0.281 e. The molecule has 2 aromatic heterocycles. The van der Waals surface area contributed by atoms with E-state index in [-0.39, 0.29) is 11.6 Å². The first kappa shape index (κ1) is 19.7. The monoisotopic (exact) mass is 397 g/mol. The lowest BCUT2D eigenvalue weighted by Crippen LogP contribution is -2.46. The fourth-order valence-corrected chi connectivity index (χ4v) is 4.32. The molecule has 0 aliphatic carbocycles. The summed E-state index contributed by atoms with van der Waals surface area (Å²) in [4.78, 5) is 4.14. The normalized spacial score (nSPS) is 18.8. The van der Waals surface area contributed by atoms with Crippen LogP contribution in [0.1, 0.15) is 18.4 Å². The fourth-order valence-electron chi connectivity index (χ4n) is 3.09. The molecule has 1 N–H and O–H groups in total. The van der Waals surface area contributed by atoms with Gasteiger partial charge in [0.1, 0.15) is 11.4 Å². The minimum Gasteiger partial charge on any atom is -0.491 e. The number of pyridine rings is 1. The molecule has 148 valence electrons. The molecule has 8 nitrogen and oxygen atoms in total. The Labute approximate surface area is 158 Å². The third kappa shape index (κ3) is 4.12. The number of hydrogen-bond donors (Lipinski definition) is 1. The highest BCUT2D eigenvalue weighted by Gasteiger charge is 2.30. The van der Waals surface area contributed by atoms with Gasteiger partial charge < -0.3 is 4.74 Å². The summed E-state index contributed by atoms with van der Waals surface area (Å²) in [5.41, 5.74) is 1.06. The van der Waals surface area contributed by atoms with Crippen LogP contribution in [0, 0.1) is 18.7 Å². The van der Waals surface area contributed by atoms with Gasteiger partial charge in [0.25, 0.3) is 10.2 Å². The van der Waals surface area contributed by atoms with Gasteiger partial charge in [0.05, 0.1) is 18.5 Å². The average molecular weight is 397 g/mol. The van der Waals surface area contributed by atoms with E-state index in [2.05, 4.69) is 15.2 Å². The molecule has 1 saturated heterocycles. The van der Waals surface area contributed by atoms with Crippen molar-refractivity contribution in [2.45, 2.75) is 19.8 Å². The van der Waals surface area contributed by atoms with E-state index in [1.165, 1.54) is 35.1 Å². The molecule has 0 aromatic carbocycles. The summed E-state index contributed by atoms with van der Waals surface area (Å²) in [6, 6.07) is 1.65. The van der Waals surface area contributed by atoms with Gasteiger partial charge in [-0.15, -0.1) is 0 Å².